The van der Waals surface area contributed by atoms with Crippen LogP contribution in [-0.2, 0) is 16.6 Å². The molecule has 2 heterocycles. The zero-order chi connectivity index (χ0) is 20.9. The lowest BCUT2D eigenvalue weighted by molar-refractivity contribution is -0.129. The van der Waals surface area contributed by atoms with Crippen molar-refractivity contribution in [3.8, 4) is 11.5 Å². The maximum Gasteiger partial charge on any atom is 0.336 e. The Morgan fingerprint density at radius 3 is 3.07 bits per heavy atom. The highest BCUT2D eigenvalue weighted by atomic mass is 16.6. The van der Waals surface area contributed by atoms with E-state index in [0.29, 0.717) is 17.5 Å². The van der Waals surface area contributed by atoms with Crippen molar-refractivity contribution >= 4 is 5.97 Å². The molecule has 30 heavy (non-hydrogen) atoms. The number of allylic oxidation sites excluding steroid dienone is 3. The number of esters is 1. The van der Waals surface area contributed by atoms with E-state index in [1.807, 2.05) is 31.2 Å². The van der Waals surface area contributed by atoms with Crippen LogP contribution in [0.4, 0.5) is 0 Å². The summed E-state index contributed by atoms with van der Waals surface area (Å²) in [5.74, 6) is 0.887. The third-order valence-electron chi connectivity index (χ3n) is 7.08. The van der Waals surface area contributed by atoms with Gasteiger partial charge in [-0.15, -0.1) is 6.58 Å². The molecule has 1 saturated heterocycles. The van der Waals surface area contributed by atoms with Gasteiger partial charge in [-0.1, -0.05) is 42.5 Å². The van der Waals surface area contributed by atoms with E-state index in [9.17, 15) is 9.90 Å². The van der Waals surface area contributed by atoms with Crippen LogP contribution in [0.25, 0.3) is 0 Å². The fourth-order valence-electron chi connectivity index (χ4n) is 5.98. The molecule has 5 nitrogen and oxygen atoms in total. The van der Waals surface area contributed by atoms with Crippen LogP contribution in [0.3, 0.4) is 0 Å². The molecule has 0 aromatic heterocycles. The molecule has 2 aliphatic heterocycles. The number of piperidine rings is 1. The van der Waals surface area contributed by atoms with Gasteiger partial charge in [0.25, 0.3) is 0 Å². The van der Waals surface area contributed by atoms with Gasteiger partial charge in [-0.05, 0) is 37.9 Å². The summed E-state index contributed by atoms with van der Waals surface area (Å²) in [7, 11) is 0. The molecule has 0 saturated carbocycles. The van der Waals surface area contributed by atoms with Gasteiger partial charge < -0.3 is 14.6 Å². The molecule has 156 valence electrons. The van der Waals surface area contributed by atoms with Crippen LogP contribution in [0.1, 0.15) is 24.5 Å². The minimum atomic E-state index is -0.677. The van der Waals surface area contributed by atoms with Crippen LogP contribution in [-0.4, -0.2) is 47.3 Å². The Labute approximate surface area is 177 Å². The summed E-state index contributed by atoms with van der Waals surface area (Å²) in [4.78, 5) is 14.8. The van der Waals surface area contributed by atoms with Crippen LogP contribution in [0.2, 0.25) is 0 Å². The van der Waals surface area contributed by atoms with Crippen molar-refractivity contribution in [2.45, 2.75) is 43.4 Å². The quantitative estimate of drug-likeness (QED) is 0.268. The molecular weight excluding hydrogens is 378 g/mol. The van der Waals surface area contributed by atoms with E-state index in [2.05, 4.69) is 23.6 Å². The van der Waals surface area contributed by atoms with Gasteiger partial charge in [0, 0.05) is 35.6 Å². The molecule has 5 rings (SSSR count). The van der Waals surface area contributed by atoms with Crippen molar-refractivity contribution in [1.82, 2.24) is 4.90 Å². The molecular formula is C25H27NO4. The fourth-order valence-corrected chi connectivity index (χ4v) is 5.98. The minimum Gasteiger partial charge on any atom is -0.482 e. The molecule has 1 spiro atoms. The van der Waals surface area contributed by atoms with Gasteiger partial charge in [0.05, 0.1) is 0 Å². The number of hydrogen-bond donors (Lipinski definition) is 1. The second-order valence-corrected chi connectivity index (χ2v) is 8.52. The second-order valence-electron chi connectivity index (χ2n) is 8.52. The maximum absolute atomic E-state index is 12.3. The van der Waals surface area contributed by atoms with E-state index in [4.69, 9.17) is 9.47 Å². The summed E-state index contributed by atoms with van der Waals surface area (Å²) in [6, 6.07) is 4.25. The number of benzene rings is 1. The average Bonchev–Trinajstić information content (AvgIpc) is 3.08. The molecule has 5 heteroatoms. The molecule has 1 fully saturated rings. The first-order valence-electron chi connectivity index (χ1n) is 10.7. The van der Waals surface area contributed by atoms with Crippen molar-refractivity contribution in [3.05, 3.63) is 72.4 Å². The van der Waals surface area contributed by atoms with E-state index in [-0.39, 0.29) is 17.4 Å². The molecule has 1 aromatic carbocycles. The Morgan fingerprint density at radius 2 is 2.27 bits per heavy atom. The highest BCUT2D eigenvalue weighted by molar-refractivity contribution is 5.85. The Morgan fingerprint density at radius 1 is 1.40 bits per heavy atom. The summed E-state index contributed by atoms with van der Waals surface area (Å²) in [5.41, 5.74) is 2.09. The molecule has 2 bridgehead atoms. The number of likely N-dealkylation sites (tertiary alicyclic amines) is 1. The Bertz CT molecular complexity index is 978. The van der Waals surface area contributed by atoms with Gasteiger partial charge in [0.1, 0.15) is 12.2 Å². The molecule has 1 unspecified atom stereocenters. The van der Waals surface area contributed by atoms with Crippen LogP contribution >= 0.6 is 0 Å². The van der Waals surface area contributed by atoms with Crippen LogP contribution in [0, 0.1) is 5.92 Å². The van der Waals surface area contributed by atoms with Crippen LogP contribution in [0.15, 0.2) is 61.2 Å². The number of ether oxygens (including phenoxy) is 2. The number of carbonyl (C=O) groups is 1. The third-order valence-corrected chi connectivity index (χ3v) is 7.08. The van der Waals surface area contributed by atoms with E-state index < -0.39 is 12.1 Å². The first kappa shape index (κ1) is 19.3. The van der Waals surface area contributed by atoms with E-state index in [1.165, 1.54) is 11.6 Å². The zero-order valence-corrected chi connectivity index (χ0v) is 17.2. The van der Waals surface area contributed by atoms with E-state index in [1.54, 1.807) is 12.2 Å². The SMILES string of the molecule is C=CCN1CC[C@]23c4c5ccc(OC(=O)/C=C/C=C/C)c4O[C@H]2[C@@H](O)C=CC3[C@H]1C5. The van der Waals surface area contributed by atoms with E-state index in [0.717, 1.165) is 31.5 Å². The number of aliphatic hydroxyl groups excluding tert-OH is 1. The second kappa shape index (κ2) is 7.25. The minimum absolute atomic E-state index is 0.258. The smallest absolute Gasteiger partial charge is 0.336 e. The van der Waals surface area contributed by atoms with Gasteiger partial charge >= 0.3 is 5.97 Å². The number of carbonyl (C=O) groups excluding carboxylic acids is 1. The lowest BCUT2D eigenvalue weighted by Crippen LogP contribution is -2.65. The first-order chi connectivity index (χ1) is 14.6. The predicted molar refractivity (Wildman–Crippen MR) is 115 cm³/mol. The maximum atomic E-state index is 12.3. The highest BCUT2D eigenvalue weighted by Crippen LogP contribution is 2.62. The fraction of sp³-hybridized carbons (Fsp3) is 0.400. The lowest BCUT2D eigenvalue weighted by atomic mass is 9.53. The Balaban J connectivity index is 1.58. The van der Waals surface area contributed by atoms with Crippen LogP contribution < -0.4 is 9.47 Å². The molecule has 0 radical (unpaired) electrons. The third kappa shape index (κ3) is 2.65. The molecule has 4 aliphatic rings. The molecule has 0 amide bonds. The van der Waals surface area contributed by atoms with Gasteiger partial charge in [0.15, 0.2) is 11.5 Å². The van der Waals surface area contributed by atoms with Crippen molar-refractivity contribution < 1.29 is 19.4 Å². The highest BCUT2D eigenvalue weighted by Gasteiger charge is 2.64. The normalized spacial score (nSPS) is 33.5. The van der Waals surface area contributed by atoms with Crippen molar-refractivity contribution in [2.24, 2.45) is 5.92 Å². The molecule has 2 aliphatic carbocycles. The standard InChI is InChI=1S/C25H27NO4/c1-3-5-6-7-21(28)29-20-11-8-16-15-18-17-9-10-19(27)24-25(17,22(16)23(20)30-24)12-14-26(18)13-4-2/h3-11,17-19,24,27H,2,12-15H2,1H3/b5-3+,7-6+/t17?,18-,19+,24+,25+/m1/s1. The summed E-state index contributed by atoms with van der Waals surface area (Å²) >= 11 is 0. The molecule has 1 N–H and O–H groups in total. The first-order valence-corrected chi connectivity index (χ1v) is 10.7. The van der Waals surface area contributed by atoms with Crippen molar-refractivity contribution in [2.75, 3.05) is 13.1 Å². The number of rotatable bonds is 5. The van der Waals surface area contributed by atoms with Crippen LogP contribution in [0.5, 0.6) is 11.5 Å². The summed E-state index contributed by atoms with van der Waals surface area (Å²) in [5, 5.41) is 10.8. The van der Waals surface area contributed by atoms with Gasteiger partial charge in [-0.2, -0.15) is 0 Å². The average molecular weight is 405 g/mol. The number of nitrogens with zero attached hydrogens (tertiary/aromatic N) is 1. The van der Waals surface area contributed by atoms with Crippen molar-refractivity contribution in [1.29, 1.82) is 0 Å². The summed E-state index contributed by atoms with van der Waals surface area (Å²) in [6.07, 6.45) is 13.5. The van der Waals surface area contributed by atoms with Gasteiger partial charge in [-0.3, -0.25) is 4.90 Å². The topological polar surface area (TPSA) is 59.0 Å². The molecule has 1 aromatic rings. The zero-order valence-electron chi connectivity index (χ0n) is 17.2. The monoisotopic (exact) mass is 405 g/mol. The number of hydrogen-bond acceptors (Lipinski definition) is 5. The van der Waals surface area contributed by atoms with Crippen molar-refractivity contribution in [3.63, 3.8) is 0 Å². The summed E-state index contributed by atoms with van der Waals surface area (Å²) < 4.78 is 12.0. The largest absolute Gasteiger partial charge is 0.482 e. The van der Waals surface area contributed by atoms with Gasteiger partial charge in [-0.25, -0.2) is 4.79 Å². The van der Waals surface area contributed by atoms with Gasteiger partial charge in [0.2, 0.25) is 0 Å². The summed E-state index contributed by atoms with van der Waals surface area (Å²) in [6.45, 7) is 7.60. The lowest BCUT2D eigenvalue weighted by Gasteiger charge is -2.57. The Kier molecular flexibility index (Phi) is 4.68. The predicted octanol–water partition coefficient (Wildman–Crippen LogP) is 3.09. The van der Waals surface area contributed by atoms with E-state index >= 15 is 0 Å². The Hall–Kier alpha value is -2.63. The molecule has 5 atom stereocenters. The number of aliphatic hydroxyl groups is 1.